The predicted octanol–water partition coefficient (Wildman–Crippen LogP) is 1.18. The number of ether oxygens (including phenoxy) is 2. The maximum atomic E-state index is 12.6. The first kappa shape index (κ1) is 16.2. The molecule has 0 aliphatic carbocycles. The fourth-order valence-corrected chi connectivity index (χ4v) is 2.27. The minimum atomic E-state index is -0.944. The van der Waals surface area contributed by atoms with E-state index in [4.69, 9.17) is 14.6 Å². The summed E-state index contributed by atoms with van der Waals surface area (Å²) in [7, 11) is 0. The molecular formula is C15H20N2O5. The standard InChI is InChI=1S/C15H20N2O5/c1-10(2)22-12-4-3-5-16-14(12)15(20)17-6-7-21-11(9-17)8-13(18)19/h3-5,10-11H,6-9H2,1-2H3,(H,18,19)/t11-/m1/s1. The number of aromatic nitrogens is 1. The average Bonchev–Trinajstić information content (AvgIpc) is 2.46. The normalized spacial score (nSPS) is 18.3. The Morgan fingerprint density at radius 2 is 2.32 bits per heavy atom. The summed E-state index contributed by atoms with van der Waals surface area (Å²) in [5.41, 5.74) is 0.243. The Balaban J connectivity index is 2.12. The average molecular weight is 308 g/mol. The van der Waals surface area contributed by atoms with Crippen molar-refractivity contribution in [1.82, 2.24) is 9.88 Å². The first-order chi connectivity index (χ1) is 10.5. The molecule has 1 aromatic rings. The van der Waals surface area contributed by atoms with E-state index >= 15 is 0 Å². The lowest BCUT2D eigenvalue weighted by Gasteiger charge is -2.32. The summed E-state index contributed by atoms with van der Waals surface area (Å²) in [6.45, 7) is 4.71. The third-order valence-corrected chi connectivity index (χ3v) is 3.16. The van der Waals surface area contributed by atoms with Crippen molar-refractivity contribution >= 4 is 11.9 Å². The molecule has 1 atom stereocenters. The monoisotopic (exact) mass is 308 g/mol. The minimum Gasteiger partial charge on any atom is -0.489 e. The van der Waals surface area contributed by atoms with E-state index in [-0.39, 0.29) is 30.7 Å². The lowest BCUT2D eigenvalue weighted by Crippen LogP contribution is -2.46. The number of morpholine rings is 1. The summed E-state index contributed by atoms with van der Waals surface area (Å²) in [6, 6.07) is 3.41. The molecule has 1 aliphatic rings. The van der Waals surface area contributed by atoms with Crippen LogP contribution in [-0.2, 0) is 9.53 Å². The SMILES string of the molecule is CC(C)Oc1cccnc1C(=O)N1CCO[C@H](CC(=O)O)C1. The Labute approximate surface area is 128 Å². The molecule has 7 heteroatoms. The van der Waals surface area contributed by atoms with Crippen LogP contribution in [0, 0.1) is 0 Å². The highest BCUT2D eigenvalue weighted by atomic mass is 16.5. The largest absolute Gasteiger partial charge is 0.489 e. The molecule has 120 valence electrons. The molecule has 1 fully saturated rings. The molecule has 0 spiro atoms. The van der Waals surface area contributed by atoms with Crippen molar-refractivity contribution in [1.29, 1.82) is 0 Å². The van der Waals surface area contributed by atoms with E-state index in [1.54, 1.807) is 17.0 Å². The van der Waals surface area contributed by atoms with Gasteiger partial charge in [0, 0.05) is 19.3 Å². The molecule has 2 rings (SSSR count). The van der Waals surface area contributed by atoms with Crippen LogP contribution >= 0.6 is 0 Å². The van der Waals surface area contributed by atoms with Crippen LogP contribution in [0.5, 0.6) is 5.75 Å². The van der Waals surface area contributed by atoms with Crippen LogP contribution in [0.4, 0.5) is 0 Å². The Hall–Kier alpha value is -2.15. The molecule has 1 amide bonds. The number of carbonyl (C=O) groups excluding carboxylic acids is 1. The van der Waals surface area contributed by atoms with Gasteiger partial charge in [0.25, 0.3) is 5.91 Å². The Bertz CT molecular complexity index is 546. The van der Waals surface area contributed by atoms with Gasteiger partial charge in [-0.3, -0.25) is 9.59 Å². The molecule has 1 N–H and O–H groups in total. The summed E-state index contributed by atoms with van der Waals surface area (Å²) in [5.74, 6) is -0.778. The summed E-state index contributed by atoms with van der Waals surface area (Å²) in [4.78, 5) is 29.1. The summed E-state index contributed by atoms with van der Waals surface area (Å²) >= 11 is 0. The van der Waals surface area contributed by atoms with Crippen molar-refractivity contribution in [2.75, 3.05) is 19.7 Å². The van der Waals surface area contributed by atoms with Gasteiger partial charge in [0.2, 0.25) is 0 Å². The van der Waals surface area contributed by atoms with E-state index in [0.717, 1.165) is 0 Å². The molecule has 1 saturated heterocycles. The molecule has 0 saturated carbocycles. The van der Waals surface area contributed by atoms with Gasteiger partial charge in [-0.1, -0.05) is 0 Å². The number of aliphatic carboxylic acids is 1. The number of amides is 1. The number of rotatable bonds is 5. The Morgan fingerprint density at radius 1 is 1.55 bits per heavy atom. The van der Waals surface area contributed by atoms with Crippen molar-refractivity contribution in [3.05, 3.63) is 24.0 Å². The van der Waals surface area contributed by atoms with Crippen LogP contribution in [0.2, 0.25) is 0 Å². The zero-order valence-electron chi connectivity index (χ0n) is 12.7. The zero-order chi connectivity index (χ0) is 16.1. The van der Waals surface area contributed by atoms with Crippen LogP contribution in [0.1, 0.15) is 30.8 Å². The van der Waals surface area contributed by atoms with E-state index in [9.17, 15) is 9.59 Å². The number of carbonyl (C=O) groups is 2. The second kappa shape index (κ2) is 7.22. The third kappa shape index (κ3) is 4.17. The van der Waals surface area contributed by atoms with E-state index in [2.05, 4.69) is 4.98 Å². The molecule has 0 aromatic carbocycles. The first-order valence-electron chi connectivity index (χ1n) is 7.21. The van der Waals surface area contributed by atoms with Gasteiger partial charge in [0.1, 0.15) is 0 Å². The van der Waals surface area contributed by atoms with Crippen molar-refractivity contribution in [2.45, 2.75) is 32.5 Å². The molecule has 0 unspecified atom stereocenters. The lowest BCUT2D eigenvalue weighted by molar-refractivity contribution is -0.141. The van der Waals surface area contributed by atoms with E-state index < -0.39 is 12.1 Å². The van der Waals surface area contributed by atoms with Gasteiger partial charge < -0.3 is 19.5 Å². The summed E-state index contributed by atoms with van der Waals surface area (Å²) in [6.07, 6.45) is 0.852. The van der Waals surface area contributed by atoms with Gasteiger partial charge in [-0.2, -0.15) is 0 Å². The minimum absolute atomic E-state index is 0.0693. The fourth-order valence-electron chi connectivity index (χ4n) is 2.27. The second-order valence-electron chi connectivity index (χ2n) is 5.36. The highest BCUT2D eigenvalue weighted by Crippen LogP contribution is 2.20. The summed E-state index contributed by atoms with van der Waals surface area (Å²) < 4.78 is 11.0. The molecule has 1 aromatic heterocycles. The molecule has 1 aliphatic heterocycles. The van der Waals surface area contributed by atoms with Crippen LogP contribution in [0.25, 0.3) is 0 Å². The molecule has 2 heterocycles. The topological polar surface area (TPSA) is 89.0 Å². The van der Waals surface area contributed by atoms with Gasteiger partial charge >= 0.3 is 5.97 Å². The lowest BCUT2D eigenvalue weighted by atomic mass is 10.2. The molecule has 7 nitrogen and oxygen atoms in total. The van der Waals surface area contributed by atoms with Gasteiger partial charge in [-0.05, 0) is 26.0 Å². The van der Waals surface area contributed by atoms with Crippen molar-refractivity contribution in [3.8, 4) is 5.75 Å². The Kier molecular flexibility index (Phi) is 5.32. The van der Waals surface area contributed by atoms with Crippen molar-refractivity contribution in [3.63, 3.8) is 0 Å². The van der Waals surface area contributed by atoms with E-state index in [1.807, 2.05) is 13.8 Å². The number of pyridine rings is 1. The molecule has 0 bridgehead atoms. The van der Waals surface area contributed by atoms with Gasteiger partial charge in [-0.15, -0.1) is 0 Å². The van der Waals surface area contributed by atoms with E-state index in [0.29, 0.717) is 18.9 Å². The number of carboxylic acids is 1. The van der Waals surface area contributed by atoms with Crippen molar-refractivity contribution < 1.29 is 24.2 Å². The Morgan fingerprint density at radius 3 is 3.00 bits per heavy atom. The van der Waals surface area contributed by atoms with Crippen molar-refractivity contribution in [2.24, 2.45) is 0 Å². The maximum Gasteiger partial charge on any atom is 0.306 e. The highest BCUT2D eigenvalue weighted by Gasteiger charge is 2.28. The third-order valence-electron chi connectivity index (χ3n) is 3.16. The zero-order valence-corrected chi connectivity index (χ0v) is 12.7. The quantitative estimate of drug-likeness (QED) is 0.879. The van der Waals surface area contributed by atoms with Crippen LogP contribution in [-0.4, -0.2) is 58.8 Å². The van der Waals surface area contributed by atoms with Crippen LogP contribution in [0.3, 0.4) is 0 Å². The van der Waals surface area contributed by atoms with Gasteiger partial charge in [-0.25, -0.2) is 4.98 Å². The van der Waals surface area contributed by atoms with Gasteiger partial charge in [0.05, 0.1) is 25.2 Å². The van der Waals surface area contributed by atoms with Gasteiger partial charge in [0.15, 0.2) is 11.4 Å². The highest BCUT2D eigenvalue weighted by molar-refractivity contribution is 5.95. The van der Waals surface area contributed by atoms with E-state index in [1.165, 1.54) is 6.20 Å². The smallest absolute Gasteiger partial charge is 0.306 e. The molecule has 22 heavy (non-hydrogen) atoms. The number of nitrogens with zero attached hydrogens (tertiary/aromatic N) is 2. The predicted molar refractivity (Wildman–Crippen MR) is 77.9 cm³/mol. The molecule has 0 radical (unpaired) electrons. The first-order valence-corrected chi connectivity index (χ1v) is 7.21. The second-order valence-corrected chi connectivity index (χ2v) is 5.36. The number of carboxylic acid groups (broad SMARTS) is 1. The van der Waals surface area contributed by atoms with Crippen LogP contribution in [0.15, 0.2) is 18.3 Å². The summed E-state index contributed by atoms with van der Waals surface area (Å²) in [5, 5.41) is 8.84. The fraction of sp³-hybridized carbons (Fsp3) is 0.533. The maximum absolute atomic E-state index is 12.6. The number of hydrogen-bond donors (Lipinski definition) is 1. The molecular weight excluding hydrogens is 288 g/mol. The number of hydrogen-bond acceptors (Lipinski definition) is 5. The van der Waals surface area contributed by atoms with Crippen LogP contribution < -0.4 is 4.74 Å².